The van der Waals surface area contributed by atoms with Gasteiger partial charge in [0.2, 0.25) is 12.4 Å². The Hall–Kier alpha value is -2.20. The lowest BCUT2D eigenvalue weighted by atomic mass is 10.4. The van der Waals surface area contributed by atoms with E-state index in [1.165, 1.54) is 0 Å². The van der Waals surface area contributed by atoms with Gasteiger partial charge in [-0.15, -0.1) is 0 Å². The van der Waals surface area contributed by atoms with Gasteiger partial charge in [-0.3, -0.25) is 0 Å². The Labute approximate surface area is 93.0 Å². The van der Waals surface area contributed by atoms with Crippen molar-refractivity contribution in [2.45, 2.75) is 19.6 Å². The van der Waals surface area contributed by atoms with Gasteiger partial charge < -0.3 is 9.47 Å². The fraction of sp³-hybridized carbons (Fsp3) is 0.300. The van der Waals surface area contributed by atoms with E-state index < -0.39 is 18.2 Å². The number of ether oxygens (including phenoxy) is 2. The van der Waals surface area contributed by atoms with E-state index in [2.05, 4.69) is 22.6 Å². The van der Waals surface area contributed by atoms with Crippen molar-refractivity contribution in [3.63, 3.8) is 0 Å². The molecule has 0 aromatic carbocycles. The molecule has 16 heavy (non-hydrogen) atoms. The molecule has 6 nitrogen and oxygen atoms in total. The summed E-state index contributed by atoms with van der Waals surface area (Å²) in [5.74, 6) is -1.24. The van der Waals surface area contributed by atoms with E-state index in [0.717, 1.165) is 18.2 Å². The van der Waals surface area contributed by atoms with Crippen LogP contribution in [0.5, 0.6) is 0 Å². The maximum Gasteiger partial charge on any atom is 0.333 e. The number of carbonyl (C=O) groups is 2. The van der Waals surface area contributed by atoms with Crippen LogP contribution in [-0.2, 0) is 23.9 Å². The van der Waals surface area contributed by atoms with Crippen molar-refractivity contribution in [1.29, 1.82) is 5.41 Å². The highest BCUT2D eigenvalue weighted by molar-refractivity contribution is 5.82. The minimum Gasteiger partial charge on any atom is -0.422 e. The predicted octanol–water partition coefficient (Wildman–Crippen LogP) is 1.08. The molecule has 0 saturated heterocycles. The topological polar surface area (TPSA) is 93.5 Å². The summed E-state index contributed by atoms with van der Waals surface area (Å²) in [6.45, 7) is 8.14. The Morgan fingerprint density at radius 1 is 1.31 bits per heavy atom. The average molecular weight is 227 g/mol. The van der Waals surface area contributed by atoms with Crippen LogP contribution >= 0.6 is 0 Å². The first-order valence-electron chi connectivity index (χ1n) is 4.25. The van der Waals surface area contributed by atoms with Crippen LogP contribution in [0.25, 0.3) is 0 Å². The third-order valence-electron chi connectivity index (χ3n) is 1.16. The van der Waals surface area contributed by atoms with Gasteiger partial charge in [-0.2, -0.15) is 0 Å². The Kier molecular flexibility index (Phi) is 11.0. The molecule has 0 aromatic rings. The van der Waals surface area contributed by atoms with E-state index >= 15 is 0 Å². The van der Waals surface area contributed by atoms with Crippen molar-refractivity contribution in [1.82, 2.24) is 0 Å². The van der Waals surface area contributed by atoms with Gasteiger partial charge in [0.25, 0.3) is 0 Å². The molecule has 0 fully saturated rings. The lowest BCUT2D eigenvalue weighted by molar-refractivity contribution is -0.181. The lowest BCUT2D eigenvalue weighted by Gasteiger charge is -2.14. The molecule has 0 aliphatic carbocycles. The predicted molar refractivity (Wildman–Crippen MR) is 55.1 cm³/mol. The highest BCUT2D eigenvalue weighted by Gasteiger charge is 2.13. The molecule has 0 aliphatic rings. The van der Waals surface area contributed by atoms with E-state index in [1.807, 2.05) is 0 Å². The van der Waals surface area contributed by atoms with Crippen LogP contribution in [0.1, 0.15) is 13.3 Å². The van der Waals surface area contributed by atoms with Gasteiger partial charge in [-0.05, 0) is 0 Å². The quantitative estimate of drug-likeness (QED) is 0.249. The van der Waals surface area contributed by atoms with E-state index in [0.29, 0.717) is 6.42 Å². The first-order chi connectivity index (χ1) is 7.55. The van der Waals surface area contributed by atoms with Crippen molar-refractivity contribution in [2.24, 2.45) is 0 Å². The van der Waals surface area contributed by atoms with E-state index in [-0.39, 0.29) is 0 Å². The lowest BCUT2D eigenvalue weighted by Crippen LogP contribution is -2.22. The third-order valence-corrected chi connectivity index (χ3v) is 1.16. The standard InChI is InChI=1S/C9H12O4.CHNO/c1-4-7(10)12-9(6-3)13-8(11)5-2;2-1-3/h4-5,9H,1-2,6H2,3H3;2H. The highest BCUT2D eigenvalue weighted by Crippen LogP contribution is 2.01. The fourth-order valence-electron chi connectivity index (χ4n) is 0.546. The number of hydrogen-bond acceptors (Lipinski definition) is 6. The van der Waals surface area contributed by atoms with E-state index in [9.17, 15) is 9.59 Å². The van der Waals surface area contributed by atoms with Crippen LogP contribution < -0.4 is 0 Å². The molecule has 88 valence electrons. The number of esters is 2. The summed E-state index contributed by atoms with van der Waals surface area (Å²) in [5.41, 5.74) is 0. The van der Waals surface area contributed by atoms with Gasteiger partial charge in [0, 0.05) is 18.6 Å². The van der Waals surface area contributed by atoms with Crippen molar-refractivity contribution in [3.05, 3.63) is 25.3 Å². The minimum absolute atomic E-state index is 0.388. The van der Waals surface area contributed by atoms with Gasteiger partial charge in [0.15, 0.2) is 0 Å². The zero-order chi connectivity index (χ0) is 13.0. The van der Waals surface area contributed by atoms with Gasteiger partial charge in [0.1, 0.15) is 0 Å². The molecule has 0 aromatic heterocycles. The summed E-state index contributed by atoms with van der Waals surface area (Å²) < 4.78 is 9.35. The highest BCUT2D eigenvalue weighted by atomic mass is 16.7. The summed E-state index contributed by atoms with van der Waals surface area (Å²) in [4.78, 5) is 29.7. The Balaban J connectivity index is 0. The molecular weight excluding hydrogens is 214 g/mol. The zero-order valence-corrected chi connectivity index (χ0v) is 8.89. The average Bonchev–Trinajstić information content (AvgIpc) is 2.28. The number of hydrogen-bond donors (Lipinski definition) is 1. The van der Waals surface area contributed by atoms with Crippen LogP contribution in [-0.4, -0.2) is 24.3 Å². The molecule has 0 radical (unpaired) electrons. The minimum atomic E-state index is -0.865. The molecule has 0 amide bonds. The number of carbonyl (C=O) groups excluding carboxylic acids is 3. The largest absolute Gasteiger partial charge is 0.422 e. The molecule has 0 spiro atoms. The molecule has 0 saturated carbocycles. The van der Waals surface area contributed by atoms with Crippen LogP contribution in [0.2, 0.25) is 0 Å². The maximum atomic E-state index is 10.7. The first-order valence-corrected chi connectivity index (χ1v) is 4.25. The number of isocyanates is 1. The Bertz CT molecular complexity index is 270. The summed E-state index contributed by atoms with van der Waals surface area (Å²) >= 11 is 0. The monoisotopic (exact) mass is 227 g/mol. The second-order valence-electron chi connectivity index (χ2n) is 2.22. The van der Waals surface area contributed by atoms with Gasteiger partial charge in [-0.1, -0.05) is 20.1 Å². The van der Waals surface area contributed by atoms with Gasteiger partial charge >= 0.3 is 11.9 Å². The molecule has 0 bridgehead atoms. The van der Waals surface area contributed by atoms with Crippen molar-refractivity contribution < 1.29 is 23.9 Å². The second kappa shape index (κ2) is 10.9. The normalized spacial score (nSPS) is 7.88. The molecule has 0 atom stereocenters. The van der Waals surface area contributed by atoms with Crippen molar-refractivity contribution in [3.8, 4) is 0 Å². The van der Waals surface area contributed by atoms with E-state index in [1.54, 1.807) is 6.92 Å². The molecule has 0 heterocycles. The number of rotatable bonds is 5. The molecule has 6 heteroatoms. The van der Waals surface area contributed by atoms with Crippen LogP contribution in [0.4, 0.5) is 0 Å². The fourth-order valence-corrected chi connectivity index (χ4v) is 0.546. The summed E-state index contributed by atoms with van der Waals surface area (Å²) in [7, 11) is 0. The first kappa shape index (κ1) is 16.2. The van der Waals surface area contributed by atoms with Gasteiger partial charge in [0.05, 0.1) is 0 Å². The molecule has 0 aliphatic heterocycles. The molecule has 1 N–H and O–H groups in total. The summed E-state index contributed by atoms with van der Waals surface area (Å²) in [5, 5.41) is 5.40. The SMILES string of the molecule is C=CC(=O)OC(CC)OC(=O)C=C.N=C=O. The Morgan fingerprint density at radius 2 is 1.62 bits per heavy atom. The second-order valence-corrected chi connectivity index (χ2v) is 2.22. The van der Waals surface area contributed by atoms with Crippen LogP contribution in [0.15, 0.2) is 25.3 Å². The number of nitrogens with one attached hydrogen (secondary N) is 1. The molecule has 0 unspecified atom stereocenters. The summed E-state index contributed by atoms with van der Waals surface area (Å²) in [6, 6.07) is 0. The summed E-state index contributed by atoms with van der Waals surface area (Å²) in [6.07, 6.45) is 2.28. The van der Waals surface area contributed by atoms with Crippen LogP contribution in [0, 0.1) is 5.41 Å². The van der Waals surface area contributed by atoms with Crippen LogP contribution in [0.3, 0.4) is 0 Å². The van der Waals surface area contributed by atoms with Crippen molar-refractivity contribution in [2.75, 3.05) is 0 Å². The van der Waals surface area contributed by atoms with E-state index in [4.69, 9.17) is 10.2 Å². The molecular formula is C10H13NO5. The van der Waals surface area contributed by atoms with Crippen molar-refractivity contribution >= 4 is 18.0 Å². The Morgan fingerprint density at radius 3 is 1.81 bits per heavy atom. The zero-order valence-electron chi connectivity index (χ0n) is 8.89. The molecule has 0 rings (SSSR count). The van der Waals surface area contributed by atoms with Gasteiger partial charge in [-0.25, -0.2) is 19.8 Å². The smallest absolute Gasteiger partial charge is 0.333 e. The third kappa shape index (κ3) is 9.88. The maximum absolute atomic E-state index is 10.7.